The standard InChI is InChI=1S/C18H12F3NO/c19-18(20,21)17-15(13-9-5-2-6-10-13)16(23)14(11-22-17)12-7-3-1-4-8-12/h1-11H,(H,22,23). The summed E-state index contributed by atoms with van der Waals surface area (Å²) in [5.74, 6) is 0. The Bertz CT molecular complexity index is 868. The number of H-pyrrole nitrogens is 1. The molecule has 3 aromatic rings. The summed E-state index contributed by atoms with van der Waals surface area (Å²) >= 11 is 0. The Morgan fingerprint density at radius 3 is 1.83 bits per heavy atom. The van der Waals surface area contributed by atoms with E-state index in [4.69, 9.17) is 0 Å². The van der Waals surface area contributed by atoms with Crippen molar-refractivity contribution in [2.75, 3.05) is 0 Å². The summed E-state index contributed by atoms with van der Waals surface area (Å²) in [6, 6.07) is 16.5. The summed E-state index contributed by atoms with van der Waals surface area (Å²) in [6.45, 7) is 0. The Balaban J connectivity index is 2.32. The number of hydrogen-bond donors (Lipinski definition) is 1. The van der Waals surface area contributed by atoms with Gasteiger partial charge in [0, 0.05) is 11.8 Å². The molecule has 2 nitrogen and oxygen atoms in total. The van der Waals surface area contributed by atoms with Gasteiger partial charge < -0.3 is 4.98 Å². The van der Waals surface area contributed by atoms with Crippen molar-refractivity contribution in [3.05, 3.63) is 82.8 Å². The van der Waals surface area contributed by atoms with Crippen molar-refractivity contribution in [3.8, 4) is 22.3 Å². The molecule has 0 saturated carbocycles. The van der Waals surface area contributed by atoms with Crippen molar-refractivity contribution < 1.29 is 13.2 Å². The highest BCUT2D eigenvalue weighted by Crippen LogP contribution is 2.34. The number of halogens is 3. The van der Waals surface area contributed by atoms with E-state index in [1.54, 1.807) is 48.5 Å². The molecule has 5 heteroatoms. The van der Waals surface area contributed by atoms with Gasteiger partial charge in [-0.1, -0.05) is 60.7 Å². The SMILES string of the molecule is O=c1c(-c2ccccc2)c[nH]c(C(F)(F)F)c1-c1ccccc1. The minimum atomic E-state index is -4.64. The maximum atomic E-state index is 13.3. The molecule has 0 spiro atoms. The zero-order valence-corrected chi connectivity index (χ0v) is 11.9. The quantitative estimate of drug-likeness (QED) is 0.729. The summed E-state index contributed by atoms with van der Waals surface area (Å²) in [6.07, 6.45) is -3.52. The Hall–Kier alpha value is -2.82. The molecule has 0 unspecified atom stereocenters. The molecule has 0 amide bonds. The van der Waals surface area contributed by atoms with Crippen molar-refractivity contribution in [3.63, 3.8) is 0 Å². The normalized spacial score (nSPS) is 11.4. The molecule has 1 heterocycles. The minimum absolute atomic E-state index is 0.206. The van der Waals surface area contributed by atoms with Crippen LogP contribution in [0.2, 0.25) is 0 Å². The average molecular weight is 315 g/mol. The number of hydrogen-bond acceptors (Lipinski definition) is 1. The first-order valence-corrected chi connectivity index (χ1v) is 6.92. The van der Waals surface area contributed by atoms with E-state index in [2.05, 4.69) is 4.98 Å². The largest absolute Gasteiger partial charge is 0.431 e. The van der Waals surface area contributed by atoms with Crippen LogP contribution in [0.5, 0.6) is 0 Å². The third kappa shape index (κ3) is 2.90. The molecule has 1 N–H and O–H groups in total. The fourth-order valence-corrected chi connectivity index (χ4v) is 2.47. The van der Waals surface area contributed by atoms with Crippen LogP contribution >= 0.6 is 0 Å². The molecule has 0 bridgehead atoms. The van der Waals surface area contributed by atoms with Crippen molar-refractivity contribution in [2.24, 2.45) is 0 Å². The molecular formula is C18H12F3NO. The van der Waals surface area contributed by atoms with Crippen LogP contribution < -0.4 is 5.43 Å². The van der Waals surface area contributed by atoms with Gasteiger partial charge in [-0.3, -0.25) is 4.79 Å². The van der Waals surface area contributed by atoms with Crippen molar-refractivity contribution in [2.45, 2.75) is 6.18 Å². The predicted molar refractivity (Wildman–Crippen MR) is 82.9 cm³/mol. The Kier molecular flexibility index (Phi) is 3.78. The Morgan fingerprint density at radius 1 is 0.783 bits per heavy atom. The molecule has 116 valence electrons. The smallest absolute Gasteiger partial charge is 0.356 e. The monoisotopic (exact) mass is 315 g/mol. The molecular weight excluding hydrogens is 303 g/mol. The van der Waals surface area contributed by atoms with E-state index in [-0.39, 0.29) is 16.7 Å². The summed E-state index contributed by atoms with van der Waals surface area (Å²) in [4.78, 5) is 15.0. The second-order valence-electron chi connectivity index (χ2n) is 5.01. The number of alkyl halides is 3. The first-order valence-electron chi connectivity index (χ1n) is 6.92. The van der Waals surface area contributed by atoms with Crippen LogP contribution in [-0.4, -0.2) is 4.98 Å². The van der Waals surface area contributed by atoms with E-state index in [0.717, 1.165) is 6.20 Å². The van der Waals surface area contributed by atoms with E-state index in [0.29, 0.717) is 5.56 Å². The summed E-state index contributed by atoms with van der Waals surface area (Å²) in [5, 5.41) is 0. The van der Waals surface area contributed by atoms with Crippen LogP contribution in [0, 0.1) is 0 Å². The molecule has 0 aliphatic carbocycles. The van der Waals surface area contributed by atoms with Gasteiger partial charge in [-0.15, -0.1) is 0 Å². The molecule has 1 aromatic heterocycles. The molecule has 0 aliphatic heterocycles. The van der Waals surface area contributed by atoms with Crippen LogP contribution in [-0.2, 0) is 6.18 Å². The maximum absolute atomic E-state index is 13.3. The van der Waals surface area contributed by atoms with Gasteiger partial charge in [0.25, 0.3) is 0 Å². The second kappa shape index (κ2) is 5.76. The van der Waals surface area contributed by atoms with Gasteiger partial charge in [-0.2, -0.15) is 13.2 Å². The van der Waals surface area contributed by atoms with Crippen LogP contribution in [0.3, 0.4) is 0 Å². The van der Waals surface area contributed by atoms with Crippen molar-refractivity contribution in [1.29, 1.82) is 0 Å². The lowest BCUT2D eigenvalue weighted by Crippen LogP contribution is -2.19. The summed E-state index contributed by atoms with van der Waals surface area (Å²) in [7, 11) is 0. The minimum Gasteiger partial charge on any atom is -0.356 e. The fourth-order valence-electron chi connectivity index (χ4n) is 2.47. The average Bonchev–Trinajstić information content (AvgIpc) is 2.55. The van der Waals surface area contributed by atoms with Gasteiger partial charge in [0.1, 0.15) is 5.69 Å². The van der Waals surface area contributed by atoms with Crippen molar-refractivity contribution >= 4 is 0 Å². The molecule has 2 aromatic carbocycles. The Morgan fingerprint density at radius 2 is 1.30 bits per heavy atom. The predicted octanol–water partition coefficient (Wildman–Crippen LogP) is 4.73. The molecule has 3 rings (SSSR count). The third-order valence-electron chi connectivity index (χ3n) is 3.51. The van der Waals surface area contributed by atoms with Gasteiger partial charge in [0.2, 0.25) is 0 Å². The highest BCUT2D eigenvalue weighted by Gasteiger charge is 2.36. The van der Waals surface area contributed by atoms with Gasteiger partial charge in [-0.05, 0) is 11.1 Å². The van der Waals surface area contributed by atoms with Gasteiger partial charge >= 0.3 is 6.18 Å². The summed E-state index contributed by atoms with van der Waals surface area (Å²) in [5.41, 5.74) is -1.03. The van der Waals surface area contributed by atoms with E-state index in [9.17, 15) is 18.0 Å². The van der Waals surface area contributed by atoms with Gasteiger partial charge in [-0.25, -0.2) is 0 Å². The molecule has 0 radical (unpaired) electrons. The van der Waals surface area contributed by atoms with Crippen LogP contribution in [0.15, 0.2) is 71.7 Å². The number of rotatable bonds is 2. The molecule has 0 aliphatic rings. The van der Waals surface area contributed by atoms with E-state index < -0.39 is 17.3 Å². The molecule has 23 heavy (non-hydrogen) atoms. The lowest BCUT2D eigenvalue weighted by molar-refractivity contribution is -0.140. The summed E-state index contributed by atoms with van der Waals surface area (Å²) < 4.78 is 39.8. The van der Waals surface area contributed by atoms with Crippen LogP contribution in [0.1, 0.15) is 5.69 Å². The van der Waals surface area contributed by atoms with E-state index in [1.165, 1.54) is 12.1 Å². The highest BCUT2D eigenvalue weighted by atomic mass is 19.4. The third-order valence-corrected chi connectivity index (χ3v) is 3.51. The second-order valence-corrected chi connectivity index (χ2v) is 5.01. The van der Waals surface area contributed by atoms with Crippen molar-refractivity contribution in [1.82, 2.24) is 4.98 Å². The maximum Gasteiger partial charge on any atom is 0.431 e. The van der Waals surface area contributed by atoms with Crippen LogP contribution in [0.25, 0.3) is 22.3 Å². The first kappa shape index (κ1) is 15.1. The van der Waals surface area contributed by atoms with Gasteiger partial charge in [0.05, 0.1) is 5.56 Å². The highest BCUT2D eigenvalue weighted by molar-refractivity contribution is 5.74. The first-order chi connectivity index (χ1) is 11.0. The number of aromatic amines is 1. The van der Waals surface area contributed by atoms with E-state index >= 15 is 0 Å². The topological polar surface area (TPSA) is 32.9 Å². The number of benzene rings is 2. The molecule has 0 atom stereocenters. The van der Waals surface area contributed by atoms with Crippen LogP contribution in [0.4, 0.5) is 13.2 Å². The number of aromatic nitrogens is 1. The lowest BCUT2D eigenvalue weighted by atomic mass is 9.98. The van der Waals surface area contributed by atoms with E-state index in [1.807, 2.05) is 0 Å². The lowest BCUT2D eigenvalue weighted by Gasteiger charge is -2.14. The number of pyridine rings is 1. The Labute approximate surface area is 130 Å². The molecule has 0 fully saturated rings. The fraction of sp³-hybridized carbons (Fsp3) is 0.0556. The van der Waals surface area contributed by atoms with Gasteiger partial charge in [0.15, 0.2) is 5.43 Å². The zero-order valence-electron chi connectivity index (χ0n) is 11.9. The zero-order chi connectivity index (χ0) is 16.4. The molecule has 0 saturated heterocycles. The number of nitrogens with one attached hydrogen (secondary N) is 1.